The van der Waals surface area contributed by atoms with E-state index >= 15 is 0 Å². The van der Waals surface area contributed by atoms with Crippen molar-refractivity contribution in [3.63, 3.8) is 0 Å². The van der Waals surface area contributed by atoms with Gasteiger partial charge in [0, 0.05) is 33.2 Å². The Balaban J connectivity index is 1.90. The lowest BCUT2D eigenvalue weighted by Crippen LogP contribution is -2.45. The Labute approximate surface area is 161 Å². The van der Waals surface area contributed by atoms with E-state index in [1.54, 1.807) is 0 Å². The van der Waals surface area contributed by atoms with Crippen molar-refractivity contribution in [3.05, 3.63) is 39.4 Å². The Bertz CT molecular complexity index is 964. The Morgan fingerprint density at radius 1 is 1.07 bits per heavy atom. The number of hydrogen-bond acceptors (Lipinski definition) is 7. The maximum Gasteiger partial charge on any atom is 0.306 e. The highest BCUT2D eigenvalue weighted by atomic mass is 19.2. The third-order valence-electron chi connectivity index (χ3n) is 4.33. The number of piperazine rings is 1. The largest absolute Gasteiger partial charge is 0.419 e. The number of rotatable bonds is 5. The van der Waals surface area contributed by atoms with E-state index in [2.05, 4.69) is 15.6 Å². The van der Waals surface area contributed by atoms with E-state index in [-0.39, 0.29) is 11.5 Å². The van der Waals surface area contributed by atoms with Gasteiger partial charge in [-0.3, -0.25) is 14.3 Å². The van der Waals surface area contributed by atoms with E-state index in [0.717, 1.165) is 37.8 Å². The normalized spacial score (nSPS) is 14.8. The summed E-state index contributed by atoms with van der Waals surface area (Å²) in [5, 5.41) is 6.00. The molecule has 0 atom stereocenters. The summed E-state index contributed by atoms with van der Waals surface area (Å²) in [6.07, 6.45) is 0. The van der Waals surface area contributed by atoms with Crippen LogP contribution in [0.2, 0.25) is 0 Å². The minimum absolute atomic E-state index is 0.0872. The molecule has 1 aromatic carbocycles. The van der Waals surface area contributed by atoms with Crippen LogP contribution in [0.5, 0.6) is 11.8 Å². The van der Waals surface area contributed by atoms with Gasteiger partial charge >= 0.3 is 6.01 Å². The molecule has 1 saturated heterocycles. The molecule has 1 aromatic heterocycles. The topological polar surface area (TPSA) is 97.4 Å². The van der Waals surface area contributed by atoms with Gasteiger partial charge in [0.2, 0.25) is 34.8 Å². The van der Waals surface area contributed by atoms with Crippen LogP contribution in [-0.2, 0) is 7.05 Å². The van der Waals surface area contributed by atoms with Crippen molar-refractivity contribution in [3.8, 4) is 11.8 Å². The minimum atomic E-state index is -2.33. The van der Waals surface area contributed by atoms with Crippen LogP contribution >= 0.6 is 0 Å². The lowest BCUT2D eigenvalue weighted by Gasteiger charge is -2.27. The van der Waals surface area contributed by atoms with Gasteiger partial charge in [-0.15, -0.1) is 0 Å². The predicted octanol–water partition coefficient (Wildman–Crippen LogP) is 1.12. The standard InChI is InChI=1S/C16H17F5N6O2/c1-26-15(28)12(24-6-27-4-2-23-3-5-27)14(22)25-16(26)29-13-10(20)8(18)7(17)9(19)11(13)21/h23-24H,2-6,22H2,1H3. The third-order valence-corrected chi connectivity index (χ3v) is 4.33. The smallest absolute Gasteiger partial charge is 0.306 e. The lowest BCUT2D eigenvalue weighted by atomic mass is 10.2. The van der Waals surface area contributed by atoms with Crippen molar-refractivity contribution >= 4 is 11.5 Å². The van der Waals surface area contributed by atoms with Crippen molar-refractivity contribution in [2.75, 3.05) is 43.9 Å². The lowest BCUT2D eigenvalue weighted by molar-refractivity contribution is 0.256. The van der Waals surface area contributed by atoms with E-state index < -0.39 is 46.4 Å². The maximum absolute atomic E-state index is 13.8. The summed E-state index contributed by atoms with van der Waals surface area (Å²) in [5.74, 6) is -13.1. The van der Waals surface area contributed by atoms with Gasteiger partial charge in [0.15, 0.2) is 5.82 Å². The summed E-state index contributed by atoms with van der Waals surface area (Å²) in [6.45, 7) is 3.33. The van der Waals surface area contributed by atoms with Gasteiger partial charge in [0.05, 0.1) is 6.67 Å². The number of nitrogen functional groups attached to an aromatic ring is 1. The van der Waals surface area contributed by atoms with Crippen molar-refractivity contribution in [1.29, 1.82) is 0 Å². The van der Waals surface area contributed by atoms with E-state index in [4.69, 9.17) is 10.5 Å². The van der Waals surface area contributed by atoms with Gasteiger partial charge in [-0.25, -0.2) is 13.2 Å². The van der Waals surface area contributed by atoms with Crippen LogP contribution in [0.3, 0.4) is 0 Å². The molecule has 1 fully saturated rings. The molecule has 1 aliphatic heterocycles. The highest BCUT2D eigenvalue weighted by Gasteiger charge is 2.28. The zero-order valence-electron chi connectivity index (χ0n) is 15.2. The van der Waals surface area contributed by atoms with E-state index in [0.29, 0.717) is 6.67 Å². The van der Waals surface area contributed by atoms with Gasteiger partial charge in [0.1, 0.15) is 5.69 Å². The highest BCUT2D eigenvalue weighted by Crippen LogP contribution is 2.32. The summed E-state index contributed by atoms with van der Waals surface area (Å²) >= 11 is 0. The second-order valence-electron chi connectivity index (χ2n) is 6.22. The summed E-state index contributed by atoms with van der Waals surface area (Å²) < 4.78 is 72.9. The molecule has 2 aromatic rings. The van der Waals surface area contributed by atoms with Crippen molar-refractivity contribution in [1.82, 2.24) is 19.8 Å². The fourth-order valence-electron chi connectivity index (χ4n) is 2.68. The van der Waals surface area contributed by atoms with Crippen molar-refractivity contribution in [2.45, 2.75) is 0 Å². The first-order valence-corrected chi connectivity index (χ1v) is 8.45. The number of aromatic nitrogens is 2. The molecule has 13 heteroatoms. The van der Waals surface area contributed by atoms with Crippen LogP contribution in [-0.4, -0.2) is 47.3 Å². The second kappa shape index (κ2) is 8.21. The molecule has 158 valence electrons. The molecule has 0 bridgehead atoms. The van der Waals surface area contributed by atoms with E-state index in [9.17, 15) is 26.7 Å². The number of nitrogens with zero attached hydrogens (tertiary/aromatic N) is 3. The molecule has 0 amide bonds. The Kier molecular flexibility index (Phi) is 5.88. The van der Waals surface area contributed by atoms with Crippen LogP contribution in [0.15, 0.2) is 4.79 Å². The minimum Gasteiger partial charge on any atom is -0.419 e. The molecule has 29 heavy (non-hydrogen) atoms. The number of ether oxygens (including phenoxy) is 1. The fraction of sp³-hybridized carbons (Fsp3) is 0.375. The van der Waals surface area contributed by atoms with Gasteiger partial charge in [-0.1, -0.05) is 0 Å². The van der Waals surface area contributed by atoms with E-state index in [1.165, 1.54) is 0 Å². The molecular formula is C16H17F5N6O2. The van der Waals surface area contributed by atoms with E-state index in [1.807, 2.05) is 4.90 Å². The second-order valence-corrected chi connectivity index (χ2v) is 6.22. The summed E-state index contributed by atoms with van der Waals surface area (Å²) in [6, 6.07) is -0.747. The van der Waals surface area contributed by atoms with Crippen LogP contribution in [0.1, 0.15) is 0 Å². The highest BCUT2D eigenvalue weighted by molar-refractivity contribution is 5.60. The molecule has 0 radical (unpaired) electrons. The Hall–Kier alpha value is -2.93. The zero-order valence-corrected chi connectivity index (χ0v) is 15.2. The molecule has 8 nitrogen and oxygen atoms in total. The molecule has 1 aliphatic rings. The first kappa shape index (κ1) is 20.8. The number of halogens is 5. The number of anilines is 2. The Morgan fingerprint density at radius 2 is 1.62 bits per heavy atom. The summed E-state index contributed by atoms with van der Waals surface area (Å²) in [7, 11) is 1.14. The number of benzene rings is 1. The summed E-state index contributed by atoms with van der Waals surface area (Å²) in [4.78, 5) is 18.2. The first-order valence-electron chi connectivity index (χ1n) is 8.45. The van der Waals surface area contributed by atoms with Crippen LogP contribution in [0.4, 0.5) is 33.5 Å². The molecule has 0 unspecified atom stereocenters. The first-order chi connectivity index (χ1) is 13.7. The van der Waals surface area contributed by atoms with Gasteiger partial charge in [-0.05, 0) is 0 Å². The predicted molar refractivity (Wildman–Crippen MR) is 93.1 cm³/mol. The number of nitrogens with one attached hydrogen (secondary N) is 2. The maximum atomic E-state index is 13.8. The number of nitrogens with two attached hydrogens (primary N) is 1. The zero-order chi connectivity index (χ0) is 21.3. The average molecular weight is 420 g/mol. The molecule has 0 aliphatic carbocycles. The number of hydrogen-bond donors (Lipinski definition) is 3. The third kappa shape index (κ3) is 3.96. The molecule has 3 rings (SSSR count). The Morgan fingerprint density at radius 3 is 2.21 bits per heavy atom. The molecule has 0 spiro atoms. The molecule has 4 N–H and O–H groups in total. The van der Waals surface area contributed by atoms with Crippen LogP contribution in [0.25, 0.3) is 0 Å². The van der Waals surface area contributed by atoms with Crippen LogP contribution in [0, 0.1) is 29.1 Å². The SMILES string of the molecule is Cn1c(Oc2c(F)c(F)c(F)c(F)c2F)nc(N)c(NCN2CCNCC2)c1=O. The van der Waals surface area contributed by atoms with Gasteiger partial charge in [-0.2, -0.15) is 13.8 Å². The van der Waals surface area contributed by atoms with Gasteiger partial charge in [0.25, 0.3) is 5.56 Å². The summed E-state index contributed by atoms with van der Waals surface area (Å²) in [5.41, 5.74) is 4.88. The molecule has 2 heterocycles. The van der Waals surface area contributed by atoms with Gasteiger partial charge < -0.3 is 21.1 Å². The quantitative estimate of drug-likeness (QED) is 0.379. The van der Waals surface area contributed by atoms with Crippen molar-refractivity contribution in [2.24, 2.45) is 7.05 Å². The molecule has 0 saturated carbocycles. The van der Waals surface area contributed by atoms with Crippen LogP contribution < -0.4 is 26.7 Å². The fourth-order valence-corrected chi connectivity index (χ4v) is 2.68. The monoisotopic (exact) mass is 420 g/mol. The molecular weight excluding hydrogens is 403 g/mol. The average Bonchev–Trinajstić information content (AvgIpc) is 2.72. The van der Waals surface area contributed by atoms with Crippen molar-refractivity contribution < 1.29 is 26.7 Å².